The van der Waals surface area contributed by atoms with E-state index in [0.29, 0.717) is 0 Å². The molecule has 3 nitrogen and oxygen atoms in total. The highest BCUT2D eigenvalue weighted by Crippen LogP contribution is 1.90. The third-order valence-electron chi connectivity index (χ3n) is 2.12. The summed E-state index contributed by atoms with van der Waals surface area (Å²) in [6.07, 6.45) is 0. The second kappa shape index (κ2) is 10.5. The lowest BCUT2D eigenvalue weighted by molar-refractivity contribution is -0.128. The second-order valence-corrected chi connectivity index (χ2v) is 2.99. The van der Waals surface area contributed by atoms with E-state index in [-0.39, 0.29) is 5.91 Å². The Kier molecular flexibility index (Phi) is 11.9. The number of carbonyl (C=O) groups excluding carboxylic acids is 1. The maximum absolute atomic E-state index is 11.0. The van der Waals surface area contributed by atoms with E-state index in [0.717, 1.165) is 26.2 Å². The molecule has 0 atom stereocenters. The molecule has 0 aromatic heterocycles. The van der Waals surface area contributed by atoms with Gasteiger partial charge >= 0.3 is 0 Å². The van der Waals surface area contributed by atoms with Crippen LogP contribution in [0, 0.1) is 0 Å². The van der Waals surface area contributed by atoms with Crippen LogP contribution in [0.25, 0.3) is 0 Å². The average Bonchev–Trinajstić information content (AvgIpc) is 2.21. The Morgan fingerprint density at radius 1 is 1.07 bits per heavy atom. The van der Waals surface area contributed by atoms with Gasteiger partial charge in [0.25, 0.3) is 0 Å². The van der Waals surface area contributed by atoms with E-state index in [1.54, 1.807) is 6.92 Å². The van der Waals surface area contributed by atoms with Crippen LogP contribution in [0.15, 0.2) is 0 Å². The standard InChI is InChI=1S/C9H20N2O.C2H6/c1-5-10(4)7-8-11(6-2)9(3)12;1-2/h5-8H2,1-4H3;1-2H3. The van der Waals surface area contributed by atoms with Gasteiger partial charge in [0.2, 0.25) is 5.91 Å². The Labute approximate surface area is 89.1 Å². The molecule has 3 heteroatoms. The molecule has 0 spiro atoms. The van der Waals surface area contributed by atoms with Crippen molar-refractivity contribution in [3.8, 4) is 0 Å². The fraction of sp³-hybridized carbons (Fsp3) is 0.909. The molecule has 0 aliphatic carbocycles. The summed E-state index contributed by atoms with van der Waals surface area (Å²) in [4.78, 5) is 15.0. The maximum Gasteiger partial charge on any atom is 0.219 e. The van der Waals surface area contributed by atoms with Crippen LogP contribution in [0.5, 0.6) is 0 Å². The molecule has 0 bridgehead atoms. The maximum atomic E-state index is 11.0. The van der Waals surface area contributed by atoms with Crippen LogP contribution in [-0.4, -0.2) is 48.9 Å². The first-order valence-corrected chi connectivity index (χ1v) is 5.55. The molecule has 0 N–H and O–H groups in total. The molecule has 0 saturated carbocycles. The number of amides is 1. The van der Waals surface area contributed by atoms with Crippen molar-refractivity contribution >= 4 is 5.91 Å². The Bertz CT molecular complexity index is 137. The van der Waals surface area contributed by atoms with Gasteiger partial charge in [0.1, 0.15) is 0 Å². The van der Waals surface area contributed by atoms with E-state index in [1.807, 2.05) is 25.7 Å². The van der Waals surface area contributed by atoms with Crippen LogP contribution in [0.2, 0.25) is 0 Å². The predicted molar refractivity (Wildman–Crippen MR) is 62.4 cm³/mol. The summed E-state index contributed by atoms with van der Waals surface area (Å²) < 4.78 is 0. The van der Waals surface area contributed by atoms with Crippen molar-refractivity contribution < 1.29 is 4.79 Å². The van der Waals surface area contributed by atoms with Gasteiger partial charge in [-0.05, 0) is 20.5 Å². The zero-order valence-corrected chi connectivity index (χ0v) is 10.6. The van der Waals surface area contributed by atoms with Gasteiger partial charge in [-0.3, -0.25) is 4.79 Å². The van der Waals surface area contributed by atoms with E-state index in [2.05, 4.69) is 18.9 Å². The van der Waals surface area contributed by atoms with E-state index < -0.39 is 0 Å². The molecule has 0 heterocycles. The van der Waals surface area contributed by atoms with Crippen LogP contribution in [-0.2, 0) is 4.79 Å². The molecule has 0 saturated heterocycles. The predicted octanol–water partition coefficient (Wildman–Crippen LogP) is 1.83. The number of likely N-dealkylation sites (N-methyl/N-ethyl adjacent to an activating group) is 2. The summed E-state index contributed by atoms with van der Waals surface area (Å²) in [6, 6.07) is 0. The van der Waals surface area contributed by atoms with Crippen LogP contribution in [0.4, 0.5) is 0 Å². The Balaban J connectivity index is 0. The van der Waals surface area contributed by atoms with Crippen LogP contribution >= 0.6 is 0 Å². The summed E-state index contributed by atoms with van der Waals surface area (Å²) in [5.41, 5.74) is 0. The highest BCUT2D eigenvalue weighted by molar-refractivity contribution is 5.73. The summed E-state index contributed by atoms with van der Waals surface area (Å²) in [7, 11) is 2.06. The molecule has 0 aliphatic heterocycles. The summed E-state index contributed by atoms with van der Waals surface area (Å²) in [5, 5.41) is 0. The number of nitrogens with zero attached hydrogens (tertiary/aromatic N) is 2. The highest BCUT2D eigenvalue weighted by atomic mass is 16.2. The topological polar surface area (TPSA) is 23.6 Å². The molecule has 0 aliphatic rings. The average molecular weight is 202 g/mol. The Hall–Kier alpha value is -0.570. The smallest absolute Gasteiger partial charge is 0.219 e. The Morgan fingerprint density at radius 3 is 1.86 bits per heavy atom. The number of hydrogen-bond acceptors (Lipinski definition) is 2. The van der Waals surface area contributed by atoms with Crippen molar-refractivity contribution in [2.45, 2.75) is 34.6 Å². The van der Waals surface area contributed by atoms with Crippen molar-refractivity contribution in [2.75, 3.05) is 33.2 Å². The van der Waals surface area contributed by atoms with E-state index in [4.69, 9.17) is 0 Å². The first-order chi connectivity index (χ1) is 6.61. The SMILES string of the molecule is CC.CCN(C)CCN(CC)C(C)=O. The first-order valence-electron chi connectivity index (χ1n) is 5.55. The van der Waals surface area contributed by atoms with Gasteiger partial charge in [-0.15, -0.1) is 0 Å². The second-order valence-electron chi connectivity index (χ2n) is 2.99. The van der Waals surface area contributed by atoms with Crippen LogP contribution in [0.3, 0.4) is 0 Å². The normalized spacial score (nSPS) is 9.36. The third kappa shape index (κ3) is 8.05. The minimum Gasteiger partial charge on any atom is -0.342 e. The molecule has 14 heavy (non-hydrogen) atoms. The zero-order chi connectivity index (χ0) is 11.6. The van der Waals surface area contributed by atoms with Gasteiger partial charge in [0.15, 0.2) is 0 Å². The fourth-order valence-electron chi connectivity index (χ4n) is 0.988. The molecule has 0 radical (unpaired) electrons. The largest absolute Gasteiger partial charge is 0.342 e. The quantitative estimate of drug-likeness (QED) is 0.679. The van der Waals surface area contributed by atoms with Crippen molar-refractivity contribution in [1.82, 2.24) is 9.80 Å². The molecule has 0 unspecified atom stereocenters. The van der Waals surface area contributed by atoms with Gasteiger partial charge in [-0.25, -0.2) is 0 Å². The minimum absolute atomic E-state index is 0.169. The first kappa shape index (κ1) is 15.9. The number of hydrogen-bond donors (Lipinski definition) is 0. The monoisotopic (exact) mass is 202 g/mol. The molecule has 86 valence electrons. The molecule has 1 amide bonds. The third-order valence-corrected chi connectivity index (χ3v) is 2.12. The van der Waals surface area contributed by atoms with Gasteiger partial charge < -0.3 is 9.80 Å². The lowest BCUT2D eigenvalue weighted by atomic mass is 10.4. The van der Waals surface area contributed by atoms with Crippen molar-refractivity contribution in [2.24, 2.45) is 0 Å². The minimum atomic E-state index is 0.169. The van der Waals surface area contributed by atoms with Gasteiger partial charge in [-0.1, -0.05) is 20.8 Å². The van der Waals surface area contributed by atoms with Crippen LogP contribution < -0.4 is 0 Å². The van der Waals surface area contributed by atoms with Crippen LogP contribution in [0.1, 0.15) is 34.6 Å². The van der Waals surface area contributed by atoms with E-state index in [9.17, 15) is 4.79 Å². The zero-order valence-electron chi connectivity index (χ0n) is 10.6. The highest BCUT2D eigenvalue weighted by Gasteiger charge is 2.05. The van der Waals surface area contributed by atoms with E-state index in [1.165, 1.54) is 0 Å². The lowest BCUT2D eigenvalue weighted by Crippen LogP contribution is -2.35. The summed E-state index contributed by atoms with van der Waals surface area (Å²) in [5.74, 6) is 0.169. The van der Waals surface area contributed by atoms with Crippen molar-refractivity contribution in [1.29, 1.82) is 0 Å². The van der Waals surface area contributed by atoms with Gasteiger partial charge in [0.05, 0.1) is 0 Å². The molecular weight excluding hydrogens is 176 g/mol. The number of carbonyl (C=O) groups is 1. The van der Waals surface area contributed by atoms with Gasteiger partial charge in [0, 0.05) is 26.6 Å². The molecule has 0 aromatic carbocycles. The Morgan fingerprint density at radius 2 is 1.57 bits per heavy atom. The number of rotatable bonds is 5. The molecule has 0 rings (SSSR count). The molecular formula is C11H26N2O. The lowest BCUT2D eigenvalue weighted by Gasteiger charge is -2.22. The molecule has 0 fully saturated rings. The van der Waals surface area contributed by atoms with Crippen molar-refractivity contribution in [3.63, 3.8) is 0 Å². The van der Waals surface area contributed by atoms with Gasteiger partial charge in [-0.2, -0.15) is 0 Å². The summed E-state index contributed by atoms with van der Waals surface area (Å²) >= 11 is 0. The fourth-order valence-corrected chi connectivity index (χ4v) is 0.988. The van der Waals surface area contributed by atoms with Crippen molar-refractivity contribution in [3.05, 3.63) is 0 Å². The molecule has 0 aromatic rings. The van der Waals surface area contributed by atoms with E-state index >= 15 is 0 Å². The summed E-state index contributed by atoms with van der Waals surface area (Å²) in [6.45, 7) is 13.4.